The summed E-state index contributed by atoms with van der Waals surface area (Å²) in [6.45, 7) is 0.972. The number of nitrogens with zero attached hydrogens (tertiary/aromatic N) is 1. The molecule has 0 saturated carbocycles. The molecule has 0 fully saturated rings. The lowest BCUT2D eigenvalue weighted by molar-refractivity contribution is 0.0696. The van der Waals surface area contributed by atoms with Crippen molar-refractivity contribution in [3.8, 4) is 28.7 Å². The lowest BCUT2D eigenvalue weighted by atomic mass is 10.0. The SMILES string of the molecule is N#Cc1ccc(-c2ccc(OCCCCCCOc3cc(C(=O)O)cc(C(=O)O)c3)cc2)cc1. The molecule has 0 aliphatic rings. The Kier molecular flexibility index (Phi) is 8.64. The Bertz CT molecular complexity index is 1130. The maximum atomic E-state index is 11.1. The van der Waals surface area contributed by atoms with Gasteiger partial charge in [-0.25, -0.2) is 9.59 Å². The quantitative estimate of drug-likeness (QED) is 0.337. The number of benzene rings is 3. The highest BCUT2D eigenvalue weighted by molar-refractivity contribution is 5.94. The van der Waals surface area contributed by atoms with E-state index in [9.17, 15) is 9.59 Å². The number of unbranched alkanes of at least 4 members (excludes halogenated alkanes) is 3. The summed E-state index contributed by atoms with van der Waals surface area (Å²) >= 11 is 0. The predicted molar refractivity (Wildman–Crippen MR) is 126 cm³/mol. The topological polar surface area (TPSA) is 117 Å². The summed E-state index contributed by atoms with van der Waals surface area (Å²) in [5.74, 6) is -1.35. The molecule has 7 heteroatoms. The Labute approximate surface area is 197 Å². The fourth-order valence-electron chi connectivity index (χ4n) is 3.35. The van der Waals surface area contributed by atoms with Gasteiger partial charge in [0.1, 0.15) is 11.5 Å². The van der Waals surface area contributed by atoms with Gasteiger partial charge in [0.25, 0.3) is 0 Å². The van der Waals surface area contributed by atoms with E-state index >= 15 is 0 Å². The second-order valence-corrected chi connectivity index (χ2v) is 7.68. The lowest BCUT2D eigenvalue weighted by Crippen LogP contribution is -2.05. The zero-order chi connectivity index (χ0) is 24.3. The molecule has 0 atom stereocenters. The number of ether oxygens (including phenoxy) is 2. The third-order valence-electron chi connectivity index (χ3n) is 5.18. The van der Waals surface area contributed by atoms with E-state index in [4.69, 9.17) is 24.9 Å². The van der Waals surface area contributed by atoms with Gasteiger partial charge in [0.2, 0.25) is 0 Å². The van der Waals surface area contributed by atoms with E-state index < -0.39 is 11.9 Å². The van der Waals surface area contributed by atoms with Crippen molar-refractivity contribution >= 4 is 11.9 Å². The fourth-order valence-corrected chi connectivity index (χ4v) is 3.35. The van der Waals surface area contributed by atoms with Gasteiger partial charge in [-0.15, -0.1) is 0 Å². The van der Waals surface area contributed by atoms with Crippen LogP contribution in [-0.4, -0.2) is 35.4 Å². The van der Waals surface area contributed by atoms with E-state index in [0.717, 1.165) is 48.6 Å². The average molecular weight is 459 g/mol. The molecular formula is C27H25NO6. The smallest absolute Gasteiger partial charge is 0.335 e. The molecule has 174 valence electrons. The monoisotopic (exact) mass is 459 g/mol. The second-order valence-electron chi connectivity index (χ2n) is 7.68. The number of carboxylic acids is 2. The first-order valence-corrected chi connectivity index (χ1v) is 10.9. The number of carbonyl (C=O) groups is 2. The molecule has 0 amide bonds. The van der Waals surface area contributed by atoms with Crippen LogP contribution in [0.25, 0.3) is 11.1 Å². The summed E-state index contributed by atoms with van der Waals surface area (Å²) in [6.07, 6.45) is 3.50. The molecule has 7 nitrogen and oxygen atoms in total. The zero-order valence-electron chi connectivity index (χ0n) is 18.6. The van der Waals surface area contributed by atoms with E-state index in [2.05, 4.69) is 6.07 Å². The van der Waals surface area contributed by atoms with E-state index in [1.807, 2.05) is 36.4 Å². The number of hydrogen-bond donors (Lipinski definition) is 2. The van der Waals surface area contributed by atoms with Gasteiger partial charge in [-0.1, -0.05) is 24.3 Å². The number of aromatic carboxylic acids is 2. The van der Waals surface area contributed by atoms with Crippen molar-refractivity contribution < 1.29 is 29.3 Å². The zero-order valence-corrected chi connectivity index (χ0v) is 18.6. The molecule has 0 bridgehead atoms. The van der Waals surface area contributed by atoms with Gasteiger partial charge in [0.15, 0.2) is 0 Å². The Balaban J connectivity index is 1.34. The van der Waals surface area contributed by atoms with Crippen LogP contribution in [0.4, 0.5) is 0 Å². The van der Waals surface area contributed by atoms with E-state index in [1.54, 1.807) is 12.1 Å². The van der Waals surface area contributed by atoms with Crippen molar-refractivity contribution in [2.24, 2.45) is 0 Å². The highest BCUT2D eigenvalue weighted by atomic mass is 16.5. The maximum Gasteiger partial charge on any atom is 0.335 e. The van der Waals surface area contributed by atoms with Gasteiger partial charge in [-0.3, -0.25) is 0 Å². The summed E-state index contributed by atoms with van der Waals surface area (Å²) in [4.78, 5) is 22.3. The summed E-state index contributed by atoms with van der Waals surface area (Å²) in [6, 6.07) is 21.2. The third-order valence-corrected chi connectivity index (χ3v) is 5.18. The minimum atomic E-state index is -1.20. The molecule has 0 unspecified atom stereocenters. The molecule has 0 aromatic heterocycles. The van der Waals surface area contributed by atoms with Crippen molar-refractivity contribution in [3.63, 3.8) is 0 Å². The number of rotatable bonds is 12. The van der Waals surface area contributed by atoms with Crippen molar-refractivity contribution in [1.82, 2.24) is 0 Å². The molecule has 0 radical (unpaired) electrons. The lowest BCUT2D eigenvalue weighted by Gasteiger charge is -2.09. The normalized spacial score (nSPS) is 10.3. The Hall–Kier alpha value is -4.31. The predicted octanol–water partition coefficient (Wildman–Crippen LogP) is 5.64. The first kappa shape index (κ1) is 24.3. The van der Waals surface area contributed by atoms with Crippen LogP contribution in [0.2, 0.25) is 0 Å². The fraction of sp³-hybridized carbons (Fsp3) is 0.222. The average Bonchev–Trinajstić information content (AvgIpc) is 2.86. The van der Waals surface area contributed by atoms with Crippen LogP contribution < -0.4 is 9.47 Å². The molecule has 2 N–H and O–H groups in total. The third kappa shape index (κ3) is 7.10. The van der Waals surface area contributed by atoms with E-state index in [-0.39, 0.29) is 16.9 Å². The van der Waals surface area contributed by atoms with E-state index in [1.165, 1.54) is 12.1 Å². The van der Waals surface area contributed by atoms with Crippen molar-refractivity contribution in [3.05, 3.63) is 83.4 Å². The maximum absolute atomic E-state index is 11.1. The number of nitriles is 1. The van der Waals surface area contributed by atoms with Crippen molar-refractivity contribution in [1.29, 1.82) is 5.26 Å². The van der Waals surface area contributed by atoms with Gasteiger partial charge in [-0.05, 0) is 79.3 Å². The van der Waals surface area contributed by atoms with Crippen molar-refractivity contribution in [2.75, 3.05) is 13.2 Å². The summed E-state index contributed by atoms with van der Waals surface area (Å²) in [7, 11) is 0. The standard InChI is InChI=1S/C27H25NO6/c28-18-19-5-7-20(8-6-19)21-9-11-24(12-10-21)33-13-3-1-2-4-14-34-25-16-22(26(29)30)15-23(17-25)27(31)32/h5-12,15-17H,1-4,13-14H2,(H,29,30)(H,31,32). The van der Waals surface area contributed by atoms with Gasteiger partial charge in [0, 0.05) is 0 Å². The molecule has 0 heterocycles. The molecule has 3 rings (SSSR count). The van der Waals surface area contributed by atoms with Crippen molar-refractivity contribution in [2.45, 2.75) is 25.7 Å². The van der Waals surface area contributed by atoms with Gasteiger partial charge >= 0.3 is 11.9 Å². The number of carboxylic acid groups (broad SMARTS) is 2. The second kappa shape index (κ2) is 12.1. The highest BCUT2D eigenvalue weighted by Gasteiger charge is 2.12. The van der Waals surface area contributed by atoms with Gasteiger partial charge in [0.05, 0.1) is 36.0 Å². The van der Waals surface area contributed by atoms with Crippen LogP contribution in [-0.2, 0) is 0 Å². The first-order chi connectivity index (χ1) is 16.5. The minimum absolute atomic E-state index is 0.114. The summed E-state index contributed by atoms with van der Waals surface area (Å²) < 4.78 is 11.3. The van der Waals surface area contributed by atoms with Crippen LogP contribution in [0.3, 0.4) is 0 Å². The first-order valence-electron chi connectivity index (χ1n) is 10.9. The van der Waals surface area contributed by atoms with E-state index in [0.29, 0.717) is 18.8 Å². The van der Waals surface area contributed by atoms with Gasteiger partial charge in [-0.2, -0.15) is 5.26 Å². The Morgan fingerprint density at radius 3 is 1.62 bits per heavy atom. The Morgan fingerprint density at radius 2 is 1.15 bits per heavy atom. The van der Waals surface area contributed by atoms with Crippen LogP contribution in [0, 0.1) is 11.3 Å². The van der Waals surface area contributed by atoms with Crippen LogP contribution in [0.1, 0.15) is 52.0 Å². The number of hydrogen-bond acceptors (Lipinski definition) is 5. The minimum Gasteiger partial charge on any atom is -0.494 e. The highest BCUT2D eigenvalue weighted by Crippen LogP contribution is 2.23. The Morgan fingerprint density at radius 1 is 0.676 bits per heavy atom. The van der Waals surface area contributed by atoms with Crippen LogP contribution in [0.15, 0.2) is 66.7 Å². The summed E-state index contributed by atoms with van der Waals surface area (Å²) in [5.41, 5.74) is 2.51. The molecule has 34 heavy (non-hydrogen) atoms. The molecule has 3 aromatic carbocycles. The van der Waals surface area contributed by atoms with Crippen LogP contribution in [0.5, 0.6) is 11.5 Å². The van der Waals surface area contributed by atoms with Crippen LogP contribution >= 0.6 is 0 Å². The van der Waals surface area contributed by atoms with Gasteiger partial charge < -0.3 is 19.7 Å². The molecular weight excluding hydrogens is 434 g/mol. The molecule has 0 spiro atoms. The largest absolute Gasteiger partial charge is 0.494 e. The molecule has 3 aromatic rings. The summed E-state index contributed by atoms with van der Waals surface area (Å²) in [5, 5.41) is 27.1. The molecule has 0 saturated heterocycles. The molecule has 0 aliphatic carbocycles. The molecule has 0 aliphatic heterocycles.